The smallest absolute Gasteiger partial charge is 0.354 e. The Labute approximate surface area is 128 Å². The van der Waals surface area contributed by atoms with E-state index in [1.165, 1.54) is 7.11 Å². The third kappa shape index (κ3) is 2.44. The average Bonchev–Trinajstić information content (AvgIpc) is 2.94. The van der Waals surface area contributed by atoms with E-state index in [9.17, 15) is 4.79 Å². The van der Waals surface area contributed by atoms with Crippen LogP contribution < -0.4 is 4.74 Å². The molecule has 0 unspecified atom stereocenters. The number of fused-ring (bicyclic) bond motifs is 1. The molecule has 0 N–H and O–H groups in total. The lowest BCUT2D eigenvalue weighted by atomic mass is 10.2. The summed E-state index contributed by atoms with van der Waals surface area (Å²) >= 11 is 0. The molecule has 0 aliphatic heterocycles. The van der Waals surface area contributed by atoms with Crippen LogP contribution in [0.25, 0.3) is 10.9 Å². The van der Waals surface area contributed by atoms with Crippen molar-refractivity contribution in [1.82, 2.24) is 4.57 Å². The number of hydrogen-bond donors (Lipinski definition) is 0. The molecule has 1 aromatic heterocycles. The minimum Gasteiger partial charge on any atom is -0.496 e. The topological polar surface area (TPSA) is 40.5 Å². The number of carbonyl (C=O) groups excluding carboxylic acids is 1. The highest BCUT2D eigenvalue weighted by Gasteiger charge is 2.18. The predicted molar refractivity (Wildman–Crippen MR) is 85.4 cm³/mol. The van der Waals surface area contributed by atoms with Gasteiger partial charge in [-0.05, 0) is 23.8 Å². The van der Waals surface area contributed by atoms with Crippen LogP contribution in [0.2, 0.25) is 0 Å². The Morgan fingerprint density at radius 1 is 1.05 bits per heavy atom. The second-order valence-corrected chi connectivity index (χ2v) is 4.99. The van der Waals surface area contributed by atoms with Crippen LogP contribution in [0.5, 0.6) is 5.75 Å². The van der Waals surface area contributed by atoms with Crippen LogP contribution in [0, 0.1) is 0 Å². The zero-order valence-electron chi connectivity index (χ0n) is 12.6. The first-order valence-corrected chi connectivity index (χ1v) is 7.03. The van der Waals surface area contributed by atoms with E-state index in [0.717, 1.165) is 22.2 Å². The third-order valence-electron chi connectivity index (χ3n) is 3.70. The molecule has 0 atom stereocenters. The first kappa shape index (κ1) is 14.2. The summed E-state index contributed by atoms with van der Waals surface area (Å²) in [7, 11) is 3.02. The molecule has 0 saturated heterocycles. The molecule has 0 fully saturated rings. The minimum absolute atomic E-state index is 0.353. The van der Waals surface area contributed by atoms with Crippen molar-refractivity contribution in [2.75, 3.05) is 14.2 Å². The predicted octanol–water partition coefficient (Wildman–Crippen LogP) is 3.48. The van der Waals surface area contributed by atoms with Crippen LogP contribution in [0.4, 0.5) is 0 Å². The third-order valence-corrected chi connectivity index (χ3v) is 3.70. The van der Waals surface area contributed by atoms with E-state index in [4.69, 9.17) is 9.47 Å². The number of nitrogens with zero attached hydrogens (tertiary/aromatic N) is 1. The number of aromatic nitrogens is 1. The molecule has 4 nitrogen and oxygen atoms in total. The molecule has 0 bridgehead atoms. The maximum atomic E-state index is 12.1. The molecule has 0 aliphatic rings. The van der Waals surface area contributed by atoms with E-state index in [0.29, 0.717) is 12.2 Å². The number of methoxy groups -OCH3 is 2. The van der Waals surface area contributed by atoms with Gasteiger partial charge in [-0.1, -0.05) is 36.4 Å². The summed E-state index contributed by atoms with van der Waals surface area (Å²) in [6.45, 7) is 0.599. The molecular weight excluding hydrogens is 278 g/mol. The Kier molecular flexibility index (Phi) is 3.83. The number of hydrogen-bond acceptors (Lipinski definition) is 3. The zero-order valence-corrected chi connectivity index (χ0v) is 12.6. The van der Waals surface area contributed by atoms with Crippen molar-refractivity contribution in [2.24, 2.45) is 0 Å². The number of carbonyl (C=O) groups is 1. The van der Waals surface area contributed by atoms with Gasteiger partial charge in [0.05, 0.1) is 19.7 Å². The van der Waals surface area contributed by atoms with Crippen LogP contribution in [-0.4, -0.2) is 24.8 Å². The first-order valence-electron chi connectivity index (χ1n) is 7.03. The van der Waals surface area contributed by atoms with Crippen molar-refractivity contribution in [3.63, 3.8) is 0 Å². The van der Waals surface area contributed by atoms with Gasteiger partial charge in [0.2, 0.25) is 0 Å². The summed E-state index contributed by atoms with van der Waals surface area (Å²) in [6, 6.07) is 17.6. The molecule has 112 valence electrons. The lowest BCUT2D eigenvalue weighted by molar-refractivity contribution is 0.0589. The number of rotatable bonds is 4. The van der Waals surface area contributed by atoms with Crippen molar-refractivity contribution >= 4 is 16.9 Å². The van der Waals surface area contributed by atoms with E-state index in [1.54, 1.807) is 7.11 Å². The Morgan fingerprint density at radius 3 is 2.50 bits per heavy atom. The second kappa shape index (κ2) is 5.93. The summed E-state index contributed by atoms with van der Waals surface area (Å²) in [5.41, 5.74) is 2.59. The van der Waals surface area contributed by atoms with Gasteiger partial charge < -0.3 is 14.0 Å². The summed E-state index contributed by atoms with van der Waals surface area (Å²) in [5.74, 6) is 0.392. The summed E-state index contributed by atoms with van der Waals surface area (Å²) in [4.78, 5) is 12.1. The van der Waals surface area contributed by atoms with E-state index >= 15 is 0 Å². The minimum atomic E-state index is -0.353. The van der Waals surface area contributed by atoms with Crippen molar-refractivity contribution in [1.29, 1.82) is 0 Å². The molecule has 3 aromatic rings. The zero-order chi connectivity index (χ0) is 15.5. The molecule has 3 rings (SSSR count). The molecule has 0 aliphatic carbocycles. The summed E-state index contributed by atoms with van der Waals surface area (Å²) in [6.07, 6.45) is 0. The standard InChI is InChI=1S/C18H17NO3/c1-21-17-10-6-9-15-14(17)11-16(18(20)22-2)19(15)12-13-7-4-3-5-8-13/h3-11H,12H2,1-2H3. The Morgan fingerprint density at radius 2 is 1.82 bits per heavy atom. The Bertz CT molecular complexity index is 806. The van der Waals surface area contributed by atoms with Crippen LogP contribution in [0.3, 0.4) is 0 Å². The molecular formula is C18H17NO3. The van der Waals surface area contributed by atoms with Crippen LogP contribution in [0.15, 0.2) is 54.6 Å². The van der Waals surface area contributed by atoms with Crippen molar-refractivity contribution in [3.05, 3.63) is 65.9 Å². The van der Waals surface area contributed by atoms with Crippen molar-refractivity contribution in [2.45, 2.75) is 6.54 Å². The largest absolute Gasteiger partial charge is 0.496 e. The van der Waals surface area contributed by atoms with Crippen molar-refractivity contribution in [3.8, 4) is 5.75 Å². The number of ether oxygens (including phenoxy) is 2. The van der Waals surface area contributed by atoms with Gasteiger partial charge in [0.15, 0.2) is 0 Å². The molecule has 2 aromatic carbocycles. The Balaban J connectivity index is 2.19. The normalized spacial score (nSPS) is 10.6. The fourth-order valence-corrected chi connectivity index (χ4v) is 2.65. The van der Waals surface area contributed by atoms with E-state index < -0.39 is 0 Å². The summed E-state index contributed by atoms with van der Waals surface area (Å²) < 4.78 is 12.3. The molecule has 0 amide bonds. The molecule has 0 radical (unpaired) electrons. The fraction of sp³-hybridized carbons (Fsp3) is 0.167. The van der Waals surface area contributed by atoms with E-state index in [-0.39, 0.29) is 5.97 Å². The Hall–Kier alpha value is -2.75. The molecule has 4 heteroatoms. The molecule has 1 heterocycles. The summed E-state index contributed by atoms with van der Waals surface area (Å²) in [5, 5.41) is 0.904. The number of esters is 1. The second-order valence-electron chi connectivity index (χ2n) is 4.99. The lowest BCUT2D eigenvalue weighted by Crippen LogP contribution is -2.11. The highest BCUT2D eigenvalue weighted by molar-refractivity contribution is 5.98. The van der Waals surface area contributed by atoms with Crippen molar-refractivity contribution < 1.29 is 14.3 Å². The fourth-order valence-electron chi connectivity index (χ4n) is 2.65. The van der Waals surface area contributed by atoms with Gasteiger partial charge in [-0.15, -0.1) is 0 Å². The molecule has 0 spiro atoms. The lowest BCUT2D eigenvalue weighted by Gasteiger charge is -2.10. The quantitative estimate of drug-likeness (QED) is 0.692. The van der Waals surface area contributed by atoms with Gasteiger partial charge in [-0.25, -0.2) is 4.79 Å². The van der Waals surface area contributed by atoms with E-state index in [2.05, 4.69) is 0 Å². The van der Waals surface area contributed by atoms with Gasteiger partial charge in [-0.3, -0.25) is 0 Å². The highest BCUT2D eigenvalue weighted by Crippen LogP contribution is 2.29. The first-order chi connectivity index (χ1) is 10.7. The van der Waals surface area contributed by atoms with Gasteiger partial charge in [0.1, 0.15) is 11.4 Å². The van der Waals surface area contributed by atoms with Crippen LogP contribution >= 0.6 is 0 Å². The van der Waals surface area contributed by atoms with E-state index in [1.807, 2.05) is 59.2 Å². The SMILES string of the molecule is COC(=O)c1cc2c(OC)cccc2n1Cc1ccccc1. The monoisotopic (exact) mass is 295 g/mol. The maximum Gasteiger partial charge on any atom is 0.354 e. The highest BCUT2D eigenvalue weighted by atomic mass is 16.5. The molecule has 22 heavy (non-hydrogen) atoms. The van der Waals surface area contributed by atoms with Crippen LogP contribution in [0.1, 0.15) is 16.1 Å². The van der Waals surface area contributed by atoms with Gasteiger partial charge >= 0.3 is 5.97 Å². The molecule has 0 saturated carbocycles. The average molecular weight is 295 g/mol. The van der Waals surface area contributed by atoms with Gasteiger partial charge in [-0.2, -0.15) is 0 Å². The van der Waals surface area contributed by atoms with Gasteiger partial charge in [0.25, 0.3) is 0 Å². The van der Waals surface area contributed by atoms with Crippen LogP contribution in [-0.2, 0) is 11.3 Å². The number of benzene rings is 2. The van der Waals surface area contributed by atoms with Gasteiger partial charge in [0, 0.05) is 11.9 Å². The maximum absolute atomic E-state index is 12.1.